The van der Waals surface area contributed by atoms with Crippen LogP contribution in [0.15, 0.2) is 30.6 Å². The van der Waals surface area contributed by atoms with E-state index in [2.05, 4.69) is 15.3 Å². The normalized spacial score (nSPS) is 10.1. The lowest BCUT2D eigenvalue weighted by Crippen LogP contribution is -2.14. The third-order valence-electron chi connectivity index (χ3n) is 2.42. The molecule has 2 rings (SSSR count). The number of benzene rings is 1. The molecule has 7 nitrogen and oxygen atoms in total. The largest absolute Gasteiger partial charge is 0.319 e. The standard InChI is InChI=1S/C12H9ClN4O3/c1-7-5-15-11(6-14-7)12(18)16-10-4-8(17(19)20)2-3-9(10)13/h2-6H,1H3,(H,16,18). The van der Waals surface area contributed by atoms with Crippen molar-refractivity contribution < 1.29 is 9.72 Å². The zero-order valence-electron chi connectivity index (χ0n) is 10.3. The number of nitro groups is 1. The Bertz CT molecular complexity index is 673. The van der Waals surface area contributed by atoms with Crippen LogP contribution >= 0.6 is 11.6 Å². The van der Waals surface area contributed by atoms with Gasteiger partial charge in [-0.25, -0.2) is 4.98 Å². The Labute approximate surface area is 118 Å². The molecule has 1 aromatic carbocycles. The smallest absolute Gasteiger partial charge is 0.275 e. The summed E-state index contributed by atoms with van der Waals surface area (Å²) in [6.45, 7) is 1.74. The van der Waals surface area contributed by atoms with Crippen molar-refractivity contribution in [1.82, 2.24) is 9.97 Å². The van der Waals surface area contributed by atoms with Crippen molar-refractivity contribution >= 4 is 28.9 Å². The summed E-state index contributed by atoms with van der Waals surface area (Å²) < 4.78 is 0. The van der Waals surface area contributed by atoms with Gasteiger partial charge in [0.1, 0.15) is 5.69 Å². The number of aromatic nitrogens is 2. The summed E-state index contributed by atoms with van der Waals surface area (Å²) in [6.07, 6.45) is 2.76. The van der Waals surface area contributed by atoms with Gasteiger partial charge < -0.3 is 5.32 Å². The topological polar surface area (TPSA) is 98.0 Å². The quantitative estimate of drug-likeness (QED) is 0.692. The van der Waals surface area contributed by atoms with Gasteiger partial charge in [0.25, 0.3) is 11.6 Å². The number of hydrogen-bond acceptors (Lipinski definition) is 5. The molecule has 1 heterocycles. The highest BCUT2D eigenvalue weighted by atomic mass is 35.5. The number of carbonyl (C=O) groups excluding carboxylic acids is 1. The number of hydrogen-bond donors (Lipinski definition) is 1. The van der Waals surface area contributed by atoms with Gasteiger partial charge in [0.15, 0.2) is 0 Å². The highest BCUT2D eigenvalue weighted by Crippen LogP contribution is 2.26. The average Bonchev–Trinajstić information content (AvgIpc) is 2.41. The summed E-state index contributed by atoms with van der Waals surface area (Å²) in [5.74, 6) is -0.542. The molecule has 0 bridgehead atoms. The molecule has 0 unspecified atom stereocenters. The van der Waals surface area contributed by atoms with Crippen LogP contribution in [-0.2, 0) is 0 Å². The van der Waals surface area contributed by atoms with E-state index in [-0.39, 0.29) is 22.1 Å². The fraction of sp³-hybridized carbons (Fsp3) is 0.0833. The Morgan fingerprint density at radius 3 is 2.70 bits per heavy atom. The van der Waals surface area contributed by atoms with Gasteiger partial charge >= 0.3 is 0 Å². The second-order valence-corrected chi connectivity index (χ2v) is 4.33. The van der Waals surface area contributed by atoms with E-state index in [9.17, 15) is 14.9 Å². The fourth-order valence-corrected chi connectivity index (χ4v) is 1.58. The minimum atomic E-state index is -0.572. The lowest BCUT2D eigenvalue weighted by atomic mass is 10.2. The van der Waals surface area contributed by atoms with Crippen molar-refractivity contribution in [2.24, 2.45) is 0 Å². The number of aryl methyl sites for hydroxylation is 1. The highest BCUT2D eigenvalue weighted by molar-refractivity contribution is 6.34. The van der Waals surface area contributed by atoms with Crippen LogP contribution in [0, 0.1) is 17.0 Å². The molecule has 102 valence electrons. The van der Waals surface area contributed by atoms with Gasteiger partial charge in [0.05, 0.1) is 27.5 Å². The van der Waals surface area contributed by atoms with Crippen LogP contribution in [0.5, 0.6) is 0 Å². The van der Waals surface area contributed by atoms with Crippen molar-refractivity contribution in [3.8, 4) is 0 Å². The number of amides is 1. The van der Waals surface area contributed by atoms with Crippen molar-refractivity contribution in [3.63, 3.8) is 0 Å². The van der Waals surface area contributed by atoms with E-state index in [4.69, 9.17) is 11.6 Å². The van der Waals surface area contributed by atoms with Crippen LogP contribution < -0.4 is 5.32 Å². The summed E-state index contributed by atoms with van der Waals surface area (Å²) in [6, 6.07) is 3.78. The molecule has 2 aromatic rings. The van der Waals surface area contributed by atoms with Crippen LogP contribution in [0.25, 0.3) is 0 Å². The summed E-state index contributed by atoms with van der Waals surface area (Å²) in [5.41, 5.74) is 0.751. The van der Waals surface area contributed by atoms with Gasteiger partial charge in [-0.05, 0) is 13.0 Å². The number of halogens is 1. The Kier molecular flexibility index (Phi) is 3.90. The molecule has 0 saturated carbocycles. The lowest BCUT2D eigenvalue weighted by molar-refractivity contribution is -0.384. The van der Waals surface area contributed by atoms with E-state index in [1.807, 2.05) is 0 Å². The van der Waals surface area contributed by atoms with Gasteiger partial charge in [0.2, 0.25) is 0 Å². The number of nitrogens with zero attached hydrogens (tertiary/aromatic N) is 3. The van der Waals surface area contributed by atoms with Crippen molar-refractivity contribution in [2.45, 2.75) is 6.92 Å². The zero-order valence-corrected chi connectivity index (χ0v) is 11.1. The predicted octanol–water partition coefficient (Wildman–Crippen LogP) is 2.60. The summed E-state index contributed by atoms with van der Waals surface area (Å²) >= 11 is 5.88. The maximum Gasteiger partial charge on any atom is 0.275 e. The molecule has 20 heavy (non-hydrogen) atoms. The van der Waals surface area contributed by atoms with Crippen LogP contribution in [-0.4, -0.2) is 20.8 Å². The first kappa shape index (κ1) is 13.9. The Balaban J connectivity index is 2.25. The molecule has 1 amide bonds. The summed E-state index contributed by atoms with van der Waals surface area (Å²) in [5, 5.41) is 13.3. The molecule has 0 aliphatic carbocycles. The van der Waals surface area contributed by atoms with E-state index in [0.29, 0.717) is 5.69 Å². The molecule has 0 radical (unpaired) electrons. The van der Waals surface area contributed by atoms with Gasteiger partial charge in [-0.3, -0.25) is 19.9 Å². The molecule has 1 N–H and O–H groups in total. The summed E-state index contributed by atoms with van der Waals surface area (Å²) in [7, 11) is 0. The maximum absolute atomic E-state index is 11.9. The molecule has 1 aromatic heterocycles. The molecule has 0 saturated heterocycles. The van der Waals surface area contributed by atoms with Gasteiger partial charge in [0, 0.05) is 18.3 Å². The number of anilines is 1. The van der Waals surface area contributed by atoms with Crippen LogP contribution in [0.4, 0.5) is 11.4 Å². The van der Waals surface area contributed by atoms with Crippen LogP contribution in [0.2, 0.25) is 5.02 Å². The molecule has 8 heteroatoms. The van der Waals surface area contributed by atoms with Crippen molar-refractivity contribution in [3.05, 3.63) is 57.1 Å². The monoisotopic (exact) mass is 292 g/mol. The van der Waals surface area contributed by atoms with E-state index in [1.165, 1.54) is 30.6 Å². The number of rotatable bonds is 3. The van der Waals surface area contributed by atoms with Crippen LogP contribution in [0.3, 0.4) is 0 Å². The lowest BCUT2D eigenvalue weighted by Gasteiger charge is -2.06. The molecule has 0 aliphatic rings. The molecule has 0 atom stereocenters. The third-order valence-corrected chi connectivity index (χ3v) is 2.75. The van der Waals surface area contributed by atoms with Crippen LogP contribution in [0.1, 0.15) is 16.2 Å². The highest BCUT2D eigenvalue weighted by Gasteiger charge is 2.14. The fourth-order valence-electron chi connectivity index (χ4n) is 1.42. The number of nitro benzene ring substituents is 1. The Morgan fingerprint density at radius 2 is 2.10 bits per heavy atom. The Morgan fingerprint density at radius 1 is 1.35 bits per heavy atom. The van der Waals surface area contributed by atoms with Crippen molar-refractivity contribution in [1.29, 1.82) is 0 Å². The predicted molar refractivity (Wildman–Crippen MR) is 72.8 cm³/mol. The number of non-ortho nitro benzene ring substituents is 1. The van der Waals surface area contributed by atoms with E-state index in [0.717, 1.165) is 0 Å². The van der Waals surface area contributed by atoms with Gasteiger partial charge in [-0.2, -0.15) is 0 Å². The minimum absolute atomic E-state index is 0.0955. The van der Waals surface area contributed by atoms with Gasteiger partial charge in [-0.1, -0.05) is 11.6 Å². The Hall–Kier alpha value is -2.54. The van der Waals surface area contributed by atoms with Gasteiger partial charge in [-0.15, -0.1) is 0 Å². The van der Waals surface area contributed by atoms with E-state index < -0.39 is 10.8 Å². The molecular weight excluding hydrogens is 284 g/mol. The maximum atomic E-state index is 11.9. The second kappa shape index (κ2) is 5.62. The first-order chi connectivity index (χ1) is 9.47. The average molecular weight is 293 g/mol. The second-order valence-electron chi connectivity index (χ2n) is 3.92. The van der Waals surface area contributed by atoms with E-state index >= 15 is 0 Å². The SMILES string of the molecule is Cc1cnc(C(=O)Nc2cc([N+](=O)[O-])ccc2Cl)cn1. The van der Waals surface area contributed by atoms with E-state index in [1.54, 1.807) is 6.92 Å². The zero-order chi connectivity index (χ0) is 14.7. The molecule has 0 fully saturated rings. The summed E-state index contributed by atoms with van der Waals surface area (Å²) in [4.78, 5) is 29.9. The molecule has 0 spiro atoms. The first-order valence-electron chi connectivity index (χ1n) is 5.51. The van der Waals surface area contributed by atoms with Crippen molar-refractivity contribution in [2.75, 3.05) is 5.32 Å². The number of nitrogens with one attached hydrogen (secondary N) is 1. The number of carbonyl (C=O) groups is 1. The third kappa shape index (κ3) is 3.07. The molecule has 0 aliphatic heterocycles. The first-order valence-corrected chi connectivity index (χ1v) is 5.89. The minimum Gasteiger partial charge on any atom is -0.319 e. The molecular formula is C12H9ClN4O3.